The van der Waals surface area contributed by atoms with Crippen LogP contribution in [0.3, 0.4) is 0 Å². The second-order valence-electron chi connectivity index (χ2n) is 8.16. The van der Waals surface area contributed by atoms with Gasteiger partial charge in [-0.2, -0.15) is 13.2 Å². The quantitative estimate of drug-likeness (QED) is 0.360. The number of anilines is 2. The minimum absolute atomic E-state index is 0.0624. The van der Waals surface area contributed by atoms with E-state index in [-0.39, 0.29) is 14.9 Å². The van der Waals surface area contributed by atoms with E-state index in [0.29, 0.717) is 35.6 Å². The van der Waals surface area contributed by atoms with Crippen LogP contribution in [0.15, 0.2) is 52.7 Å². The number of hydrogen-bond donors (Lipinski definition) is 3. The first-order chi connectivity index (χ1) is 15.9. The summed E-state index contributed by atoms with van der Waals surface area (Å²) < 4.78 is 74.7. The van der Waals surface area contributed by atoms with E-state index < -0.39 is 33.1 Å². The van der Waals surface area contributed by atoms with Crippen LogP contribution in [0.2, 0.25) is 5.02 Å². The molecule has 1 saturated heterocycles. The molecular weight excluding hydrogens is 511 g/mol. The zero-order chi connectivity index (χ0) is 24.7. The topological polar surface area (TPSA) is 93.5 Å². The first-order valence-corrected chi connectivity index (χ1v) is 12.8. The van der Waals surface area contributed by atoms with Gasteiger partial charge >= 0.3 is 6.18 Å². The highest BCUT2D eigenvalue weighted by Gasteiger charge is 2.38. The number of benzene rings is 2. The van der Waals surface area contributed by atoms with Gasteiger partial charge in [-0.25, -0.2) is 8.42 Å². The molecule has 2 heterocycles. The van der Waals surface area contributed by atoms with Crippen LogP contribution in [0.4, 0.5) is 24.5 Å². The van der Waals surface area contributed by atoms with Crippen LogP contribution in [0.5, 0.6) is 5.75 Å². The summed E-state index contributed by atoms with van der Waals surface area (Å²) in [6, 6.07) is 11.0. The Morgan fingerprint density at radius 2 is 1.97 bits per heavy atom. The number of nitrogen functional groups attached to an aromatic ring is 1. The van der Waals surface area contributed by atoms with Crippen LogP contribution in [-0.2, 0) is 16.2 Å². The lowest BCUT2D eigenvalue weighted by Gasteiger charge is -2.27. The van der Waals surface area contributed by atoms with E-state index in [2.05, 4.69) is 10.0 Å². The lowest BCUT2D eigenvalue weighted by Crippen LogP contribution is -2.35. The number of alkyl halides is 3. The largest absolute Gasteiger partial charge is 0.485 e. The van der Waals surface area contributed by atoms with E-state index in [1.54, 1.807) is 31.2 Å². The first-order valence-electron chi connectivity index (χ1n) is 10.2. The van der Waals surface area contributed by atoms with Crippen molar-refractivity contribution in [2.24, 2.45) is 0 Å². The Morgan fingerprint density at radius 3 is 2.62 bits per heavy atom. The molecule has 0 amide bonds. The van der Waals surface area contributed by atoms with Crippen molar-refractivity contribution in [2.45, 2.75) is 29.3 Å². The van der Waals surface area contributed by atoms with Crippen molar-refractivity contribution in [1.29, 1.82) is 0 Å². The lowest BCUT2D eigenvalue weighted by molar-refractivity contribution is -0.139. The maximum absolute atomic E-state index is 13.6. The van der Waals surface area contributed by atoms with Gasteiger partial charge in [-0.3, -0.25) is 4.72 Å². The summed E-state index contributed by atoms with van der Waals surface area (Å²) in [4.78, 5) is 0.507. The zero-order valence-electron chi connectivity index (χ0n) is 17.9. The normalized spacial score (nSPS) is 18.7. The molecule has 1 fully saturated rings. The molecule has 4 N–H and O–H groups in total. The second kappa shape index (κ2) is 8.95. The molecule has 1 aromatic heterocycles. The predicted molar refractivity (Wildman–Crippen MR) is 128 cm³/mol. The molecule has 1 aliphatic heterocycles. The van der Waals surface area contributed by atoms with E-state index >= 15 is 0 Å². The van der Waals surface area contributed by atoms with Crippen molar-refractivity contribution in [3.8, 4) is 16.2 Å². The Morgan fingerprint density at radius 1 is 1.21 bits per heavy atom. The Hall–Kier alpha value is -2.47. The SMILES string of the molecule is C[C@@]1(Oc2cc(NS(=O)(=O)c3cc(Cl)c(-c4cccc(N)c4)s3)ccc2C(F)(F)F)CCNC1. The molecule has 0 radical (unpaired) electrons. The molecule has 182 valence electrons. The summed E-state index contributed by atoms with van der Waals surface area (Å²) in [7, 11) is -4.14. The van der Waals surface area contributed by atoms with E-state index in [4.69, 9.17) is 22.1 Å². The Labute approximate surface area is 203 Å². The second-order valence-corrected chi connectivity index (χ2v) is 11.5. The summed E-state index contributed by atoms with van der Waals surface area (Å²) in [6.07, 6.45) is -4.15. The summed E-state index contributed by atoms with van der Waals surface area (Å²) in [5.41, 5.74) is 5.06. The monoisotopic (exact) mass is 531 g/mol. The summed E-state index contributed by atoms with van der Waals surface area (Å²) in [6.45, 7) is 2.69. The van der Waals surface area contributed by atoms with Gasteiger partial charge in [0.25, 0.3) is 10.0 Å². The third-order valence-corrected chi connectivity index (χ3v) is 8.75. The molecule has 1 aliphatic rings. The Bertz CT molecular complexity index is 1320. The summed E-state index contributed by atoms with van der Waals surface area (Å²) in [5, 5.41) is 3.27. The van der Waals surface area contributed by atoms with Crippen molar-refractivity contribution in [2.75, 3.05) is 23.5 Å². The highest BCUT2D eigenvalue weighted by molar-refractivity contribution is 7.94. The number of nitrogens with two attached hydrogens (primary N) is 1. The smallest absolute Gasteiger partial charge is 0.419 e. The summed E-state index contributed by atoms with van der Waals surface area (Å²) in [5.74, 6) is -0.441. The number of hydrogen-bond acceptors (Lipinski definition) is 6. The van der Waals surface area contributed by atoms with Crippen LogP contribution in [0.25, 0.3) is 10.4 Å². The average molecular weight is 532 g/mol. The molecule has 0 saturated carbocycles. The van der Waals surface area contributed by atoms with Crippen molar-refractivity contribution in [1.82, 2.24) is 5.32 Å². The number of ether oxygens (including phenoxy) is 1. The van der Waals surface area contributed by atoms with E-state index in [9.17, 15) is 21.6 Å². The molecule has 2 aromatic carbocycles. The maximum atomic E-state index is 13.6. The standard InChI is InChI=1S/C22H21ClF3N3O3S2/c1-21(7-8-28-12-21)32-18-10-15(5-6-16(18)22(24,25)26)29-34(30,31)19-11-17(23)20(33-19)13-3-2-4-14(27)9-13/h2-6,9-11,28-29H,7-8,12,27H2,1H3/t21-/m1/s1. The number of halogens is 4. The van der Waals surface area contributed by atoms with Crippen LogP contribution >= 0.6 is 22.9 Å². The molecule has 0 unspecified atom stereocenters. The molecule has 12 heteroatoms. The van der Waals surface area contributed by atoms with Gasteiger partial charge in [0.2, 0.25) is 0 Å². The Kier molecular flexibility index (Phi) is 6.49. The molecule has 3 aromatic rings. The Balaban J connectivity index is 1.65. The maximum Gasteiger partial charge on any atom is 0.419 e. The van der Waals surface area contributed by atoms with Gasteiger partial charge in [0.05, 0.1) is 21.2 Å². The van der Waals surface area contributed by atoms with Gasteiger partial charge in [0.15, 0.2) is 0 Å². The molecule has 4 rings (SSSR count). The van der Waals surface area contributed by atoms with Gasteiger partial charge in [0.1, 0.15) is 15.6 Å². The molecule has 34 heavy (non-hydrogen) atoms. The number of rotatable bonds is 6. The molecular formula is C22H21ClF3N3O3S2. The van der Waals surface area contributed by atoms with Gasteiger partial charge in [-0.15, -0.1) is 11.3 Å². The van der Waals surface area contributed by atoms with Gasteiger partial charge < -0.3 is 15.8 Å². The fraction of sp³-hybridized carbons (Fsp3) is 0.273. The number of nitrogens with one attached hydrogen (secondary N) is 2. The molecule has 0 aliphatic carbocycles. The molecule has 0 spiro atoms. The van der Waals surface area contributed by atoms with Crippen molar-refractivity contribution in [3.05, 3.63) is 59.1 Å². The van der Waals surface area contributed by atoms with Gasteiger partial charge in [-0.1, -0.05) is 23.7 Å². The van der Waals surface area contributed by atoms with Crippen molar-refractivity contribution < 1.29 is 26.3 Å². The molecule has 6 nitrogen and oxygen atoms in total. The fourth-order valence-electron chi connectivity index (χ4n) is 3.61. The predicted octanol–water partition coefficient (Wildman–Crippen LogP) is 5.60. The van der Waals surface area contributed by atoms with Crippen LogP contribution in [0.1, 0.15) is 18.9 Å². The summed E-state index contributed by atoms with van der Waals surface area (Å²) >= 11 is 7.20. The lowest BCUT2D eigenvalue weighted by atomic mass is 10.1. The van der Waals surface area contributed by atoms with Crippen LogP contribution in [0, 0.1) is 0 Å². The highest BCUT2D eigenvalue weighted by Crippen LogP contribution is 2.42. The van der Waals surface area contributed by atoms with Crippen LogP contribution in [-0.4, -0.2) is 27.1 Å². The van der Waals surface area contributed by atoms with Gasteiger partial charge in [-0.05, 0) is 49.4 Å². The fourth-order valence-corrected chi connectivity index (χ4v) is 6.48. The van der Waals surface area contributed by atoms with E-state index in [1.165, 1.54) is 6.07 Å². The van der Waals surface area contributed by atoms with Crippen molar-refractivity contribution in [3.63, 3.8) is 0 Å². The van der Waals surface area contributed by atoms with Gasteiger partial charge in [0, 0.05) is 24.7 Å². The minimum atomic E-state index is -4.66. The van der Waals surface area contributed by atoms with Crippen LogP contribution < -0.4 is 20.5 Å². The number of sulfonamides is 1. The molecule has 0 bridgehead atoms. The third kappa shape index (κ3) is 5.27. The van der Waals surface area contributed by atoms with E-state index in [0.717, 1.165) is 29.5 Å². The number of thiophene rings is 1. The zero-order valence-corrected chi connectivity index (χ0v) is 20.3. The minimum Gasteiger partial charge on any atom is -0.485 e. The third-order valence-electron chi connectivity index (χ3n) is 5.30. The van der Waals surface area contributed by atoms with Crippen molar-refractivity contribution >= 4 is 44.3 Å². The average Bonchev–Trinajstić information content (AvgIpc) is 3.33. The first kappa shape index (κ1) is 24.6. The van der Waals surface area contributed by atoms with E-state index in [1.807, 2.05) is 0 Å². The molecule has 1 atom stereocenters. The highest BCUT2D eigenvalue weighted by atomic mass is 35.5.